The van der Waals surface area contributed by atoms with Crippen molar-refractivity contribution in [3.05, 3.63) is 57.2 Å². The lowest BCUT2D eigenvalue weighted by molar-refractivity contribution is -0.115. The number of nitrogens with one attached hydrogen (secondary N) is 2. The van der Waals surface area contributed by atoms with Crippen molar-refractivity contribution in [3.63, 3.8) is 0 Å². The molecule has 0 bridgehead atoms. The molecular formula is C19H15N5O3. The second-order valence-electron chi connectivity index (χ2n) is 6.31. The first-order valence-electron chi connectivity index (χ1n) is 8.18. The lowest BCUT2D eigenvalue weighted by atomic mass is 10.1. The summed E-state index contributed by atoms with van der Waals surface area (Å²) < 4.78 is 0. The van der Waals surface area contributed by atoms with Gasteiger partial charge in [-0.2, -0.15) is 4.98 Å². The smallest absolute Gasteiger partial charge is 0.349 e. The highest BCUT2D eigenvalue weighted by atomic mass is 16.2. The van der Waals surface area contributed by atoms with Crippen molar-refractivity contribution in [2.75, 3.05) is 14.1 Å². The van der Waals surface area contributed by atoms with Crippen molar-refractivity contribution in [2.45, 2.75) is 0 Å². The van der Waals surface area contributed by atoms with Gasteiger partial charge in [0, 0.05) is 30.3 Å². The Morgan fingerprint density at radius 2 is 1.59 bits per heavy atom. The number of carbonyl (C=O) groups excluding carboxylic acids is 1. The summed E-state index contributed by atoms with van der Waals surface area (Å²) in [5, 5.41) is 4.19. The third-order valence-electron chi connectivity index (χ3n) is 4.22. The molecule has 5 aromatic rings. The van der Waals surface area contributed by atoms with E-state index in [9.17, 15) is 14.4 Å². The van der Waals surface area contributed by atoms with Crippen LogP contribution in [0.25, 0.3) is 43.7 Å². The average molecular weight is 361 g/mol. The van der Waals surface area contributed by atoms with Crippen LogP contribution in [-0.2, 0) is 4.79 Å². The molecular weight excluding hydrogens is 346 g/mol. The topological polar surface area (TPSA) is 112 Å². The molecule has 0 aliphatic heterocycles. The number of benzene rings is 2. The van der Waals surface area contributed by atoms with Crippen molar-refractivity contribution in [1.82, 2.24) is 24.8 Å². The quantitative estimate of drug-likeness (QED) is 0.441. The fraction of sp³-hybridized carbons (Fsp3) is 0.105. The maximum Gasteiger partial charge on any atom is 0.349 e. The summed E-state index contributed by atoms with van der Waals surface area (Å²) in [6.45, 7) is 0. The zero-order valence-electron chi connectivity index (χ0n) is 14.6. The van der Waals surface area contributed by atoms with Crippen molar-refractivity contribution >= 4 is 50.2 Å². The number of fused-ring (bicyclic) bond motifs is 4. The Balaban J connectivity index is 0.000000323. The van der Waals surface area contributed by atoms with E-state index in [2.05, 4.69) is 19.9 Å². The van der Waals surface area contributed by atoms with Crippen molar-refractivity contribution in [3.8, 4) is 0 Å². The first kappa shape index (κ1) is 16.6. The molecule has 2 N–H and O–H groups in total. The molecule has 3 aromatic carbocycles. The molecule has 0 spiro atoms. The summed E-state index contributed by atoms with van der Waals surface area (Å²) in [4.78, 5) is 47.7. The highest BCUT2D eigenvalue weighted by Crippen LogP contribution is 2.36. The number of nitrogens with zero attached hydrogens (tertiary/aromatic N) is 3. The van der Waals surface area contributed by atoms with Gasteiger partial charge in [-0.05, 0) is 5.39 Å². The van der Waals surface area contributed by atoms with Crippen LogP contribution in [0.2, 0.25) is 0 Å². The number of rotatable bonds is 1. The van der Waals surface area contributed by atoms with Crippen LogP contribution in [0.1, 0.15) is 0 Å². The molecule has 0 saturated heterocycles. The van der Waals surface area contributed by atoms with Crippen LogP contribution in [-0.4, -0.2) is 45.3 Å². The van der Waals surface area contributed by atoms with Gasteiger partial charge in [0.1, 0.15) is 0 Å². The Morgan fingerprint density at radius 3 is 2.26 bits per heavy atom. The SMILES string of the molecule is CN(C)C=O.O=c1nc2[nH]c3c4cccc5cccc(c3nc2c(=O)[nH]1)c54. The van der Waals surface area contributed by atoms with Gasteiger partial charge in [-0.15, -0.1) is 0 Å². The van der Waals surface area contributed by atoms with Gasteiger partial charge in [0.15, 0.2) is 11.2 Å². The van der Waals surface area contributed by atoms with Gasteiger partial charge in [0.25, 0.3) is 5.56 Å². The number of hydrogen-bond donors (Lipinski definition) is 2. The Morgan fingerprint density at radius 1 is 0.926 bits per heavy atom. The highest BCUT2D eigenvalue weighted by molar-refractivity contribution is 6.28. The third-order valence-corrected chi connectivity index (χ3v) is 4.22. The molecule has 8 heteroatoms. The predicted octanol–water partition coefficient (Wildman–Crippen LogP) is 1.61. The van der Waals surface area contributed by atoms with Crippen LogP contribution in [0, 0.1) is 0 Å². The van der Waals surface area contributed by atoms with Crippen molar-refractivity contribution in [1.29, 1.82) is 0 Å². The average Bonchev–Trinajstić information content (AvgIpc) is 2.96. The van der Waals surface area contributed by atoms with Crippen LogP contribution in [0.15, 0.2) is 46.0 Å². The zero-order chi connectivity index (χ0) is 19.1. The van der Waals surface area contributed by atoms with Crippen molar-refractivity contribution in [2.24, 2.45) is 0 Å². The molecule has 0 fully saturated rings. The van der Waals surface area contributed by atoms with Gasteiger partial charge in [-0.3, -0.25) is 14.6 Å². The van der Waals surface area contributed by atoms with Crippen LogP contribution in [0.5, 0.6) is 0 Å². The third kappa shape index (κ3) is 2.67. The first-order valence-corrected chi connectivity index (χ1v) is 8.18. The molecule has 2 heterocycles. The minimum atomic E-state index is -0.677. The Labute approximate surface area is 151 Å². The molecule has 134 valence electrons. The summed E-state index contributed by atoms with van der Waals surface area (Å²) in [6.07, 6.45) is 0.750. The van der Waals surface area contributed by atoms with E-state index < -0.39 is 11.2 Å². The van der Waals surface area contributed by atoms with E-state index in [4.69, 9.17) is 0 Å². The second kappa shape index (κ2) is 6.17. The molecule has 0 unspecified atom stereocenters. The van der Waals surface area contributed by atoms with Gasteiger partial charge in [-0.25, -0.2) is 9.78 Å². The van der Waals surface area contributed by atoms with Crippen molar-refractivity contribution < 1.29 is 4.79 Å². The Bertz CT molecular complexity index is 1410. The fourth-order valence-corrected chi connectivity index (χ4v) is 3.12. The molecule has 5 rings (SSSR count). The number of amides is 1. The van der Waals surface area contributed by atoms with Gasteiger partial charge < -0.3 is 9.88 Å². The normalized spacial score (nSPS) is 11.0. The first-order chi connectivity index (χ1) is 13.0. The van der Waals surface area contributed by atoms with Gasteiger partial charge in [0.2, 0.25) is 6.41 Å². The standard InChI is InChI=1S/C16H8N4O2.C3H7NO/c21-15-13-14(19-16(22)20-15)18-12-9-6-2-4-7-3-1-5-8(10(7)9)11(12)17-13;1-4(2)3-5/h1-6H,(H2,18,19,20,21,22);3H,1-2H3. The highest BCUT2D eigenvalue weighted by Gasteiger charge is 2.15. The largest absolute Gasteiger partial charge is 0.351 e. The maximum absolute atomic E-state index is 11.9. The molecule has 1 amide bonds. The Hall–Kier alpha value is -3.81. The van der Waals surface area contributed by atoms with Crippen LogP contribution in [0.3, 0.4) is 0 Å². The summed E-state index contributed by atoms with van der Waals surface area (Å²) in [6, 6.07) is 12.0. The molecule has 8 nitrogen and oxygen atoms in total. The summed E-state index contributed by atoms with van der Waals surface area (Å²) in [7, 11) is 3.38. The van der Waals surface area contributed by atoms with E-state index in [1.54, 1.807) is 14.1 Å². The minimum absolute atomic E-state index is 0.142. The van der Waals surface area contributed by atoms with E-state index in [1.165, 1.54) is 4.90 Å². The molecule has 0 aliphatic carbocycles. The number of hydrogen-bond acceptors (Lipinski definition) is 5. The van der Waals surface area contributed by atoms with Crippen LogP contribution < -0.4 is 11.2 Å². The van der Waals surface area contributed by atoms with Gasteiger partial charge >= 0.3 is 5.69 Å². The van der Waals surface area contributed by atoms with E-state index in [0.29, 0.717) is 5.52 Å². The van der Waals surface area contributed by atoms with Crippen LogP contribution in [0.4, 0.5) is 0 Å². The predicted molar refractivity (Wildman–Crippen MR) is 104 cm³/mol. The Kier molecular flexibility index (Phi) is 3.80. The van der Waals surface area contributed by atoms with Gasteiger partial charge in [-0.1, -0.05) is 36.4 Å². The number of aromatic nitrogens is 4. The lowest BCUT2D eigenvalue weighted by Gasteiger charge is -1.97. The lowest BCUT2D eigenvalue weighted by Crippen LogP contribution is -2.23. The van der Waals surface area contributed by atoms with E-state index in [0.717, 1.165) is 33.5 Å². The summed E-state index contributed by atoms with van der Waals surface area (Å²) in [5.74, 6) is 0. The molecule has 0 radical (unpaired) electrons. The van der Waals surface area contributed by atoms with Gasteiger partial charge in [0.05, 0.1) is 11.0 Å². The van der Waals surface area contributed by atoms with E-state index >= 15 is 0 Å². The fourth-order valence-electron chi connectivity index (χ4n) is 3.12. The van der Waals surface area contributed by atoms with E-state index in [1.807, 2.05) is 36.4 Å². The summed E-state index contributed by atoms with van der Waals surface area (Å²) >= 11 is 0. The molecule has 27 heavy (non-hydrogen) atoms. The molecule has 0 aliphatic rings. The summed E-state index contributed by atoms with van der Waals surface area (Å²) in [5.41, 5.74) is 0.643. The molecule has 0 atom stereocenters. The number of aromatic amines is 2. The number of carbonyl (C=O) groups is 1. The second-order valence-corrected chi connectivity index (χ2v) is 6.31. The zero-order valence-corrected chi connectivity index (χ0v) is 14.6. The monoisotopic (exact) mass is 361 g/mol. The molecule has 0 saturated carbocycles. The number of H-pyrrole nitrogens is 2. The molecule has 2 aromatic heterocycles. The van der Waals surface area contributed by atoms with E-state index in [-0.39, 0.29) is 11.2 Å². The maximum atomic E-state index is 11.9. The minimum Gasteiger partial charge on any atom is -0.351 e. The van der Waals surface area contributed by atoms with Crippen LogP contribution >= 0.6 is 0 Å².